The molecule has 1 saturated heterocycles. The third-order valence-corrected chi connectivity index (χ3v) is 6.70. The molecule has 7 heteroatoms. The lowest BCUT2D eigenvalue weighted by Crippen LogP contribution is -2.44. The standard InChI is InChI=1S/C24H26N6S/c1-29-12-14-30(15-13-29)20-9-7-19(8-10-20)22-27-23-21(25-17-26-23)24(28-22)31-16-11-18-5-3-2-4-6-18/h2-10,17H,11-16H2,1H3,(H,25,26,27,28). The lowest BCUT2D eigenvalue weighted by molar-refractivity contribution is 0.313. The number of nitrogens with one attached hydrogen (secondary N) is 1. The molecular formula is C24H26N6S. The summed E-state index contributed by atoms with van der Waals surface area (Å²) in [5.74, 6) is 1.68. The fourth-order valence-electron chi connectivity index (χ4n) is 3.84. The van der Waals surface area contributed by atoms with Crippen molar-refractivity contribution in [3.63, 3.8) is 0 Å². The number of thioether (sulfide) groups is 1. The summed E-state index contributed by atoms with van der Waals surface area (Å²) in [7, 11) is 2.18. The Labute approximate surface area is 186 Å². The first-order valence-electron chi connectivity index (χ1n) is 10.7. The Morgan fingerprint density at radius 2 is 1.71 bits per heavy atom. The van der Waals surface area contributed by atoms with Gasteiger partial charge in [0.1, 0.15) is 10.5 Å². The van der Waals surface area contributed by atoms with Crippen LogP contribution in [0, 0.1) is 0 Å². The lowest BCUT2D eigenvalue weighted by Gasteiger charge is -2.34. The second kappa shape index (κ2) is 9.08. The van der Waals surface area contributed by atoms with E-state index in [1.165, 1.54) is 11.3 Å². The third kappa shape index (κ3) is 4.57. The molecule has 4 aromatic rings. The van der Waals surface area contributed by atoms with Crippen molar-refractivity contribution >= 4 is 28.6 Å². The Hall–Kier alpha value is -2.90. The van der Waals surface area contributed by atoms with Gasteiger partial charge in [0, 0.05) is 43.2 Å². The molecule has 3 heterocycles. The number of nitrogens with zero attached hydrogens (tertiary/aromatic N) is 5. The quantitative estimate of drug-likeness (QED) is 0.367. The van der Waals surface area contributed by atoms with Crippen molar-refractivity contribution < 1.29 is 0 Å². The summed E-state index contributed by atoms with van der Waals surface area (Å²) in [6.07, 6.45) is 2.70. The summed E-state index contributed by atoms with van der Waals surface area (Å²) in [6.45, 7) is 4.33. The number of rotatable bonds is 6. The van der Waals surface area contributed by atoms with Gasteiger partial charge in [0.05, 0.1) is 6.33 Å². The van der Waals surface area contributed by atoms with E-state index in [1.54, 1.807) is 18.1 Å². The number of likely N-dealkylation sites (N-methyl/N-ethyl adjacent to an activating group) is 1. The Kier molecular flexibility index (Phi) is 5.86. The van der Waals surface area contributed by atoms with Crippen LogP contribution in [0.3, 0.4) is 0 Å². The van der Waals surface area contributed by atoms with Crippen molar-refractivity contribution in [1.29, 1.82) is 0 Å². The summed E-state index contributed by atoms with van der Waals surface area (Å²) in [5.41, 5.74) is 5.25. The van der Waals surface area contributed by atoms with Gasteiger partial charge in [-0.25, -0.2) is 15.0 Å². The fourth-order valence-corrected chi connectivity index (χ4v) is 4.81. The molecule has 1 aliphatic rings. The molecule has 158 valence electrons. The van der Waals surface area contributed by atoms with Gasteiger partial charge in [0.2, 0.25) is 0 Å². The first kappa shape index (κ1) is 20.0. The van der Waals surface area contributed by atoms with Crippen LogP contribution < -0.4 is 4.90 Å². The van der Waals surface area contributed by atoms with Crippen molar-refractivity contribution in [2.75, 3.05) is 43.9 Å². The van der Waals surface area contributed by atoms with E-state index >= 15 is 0 Å². The maximum absolute atomic E-state index is 4.89. The summed E-state index contributed by atoms with van der Waals surface area (Å²) in [6, 6.07) is 19.2. The Morgan fingerprint density at radius 1 is 0.935 bits per heavy atom. The normalized spacial score (nSPS) is 14.9. The first-order valence-corrected chi connectivity index (χ1v) is 11.7. The lowest BCUT2D eigenvalue weighted by atomic mass is 10.1. The molecule has 6 nitrogen and oxygen atoms in total. The van der Waals surface area contributed by atoms with E-state index in [2.05, 4.69) is 81.4 Å². The summed E-state index contributed by atoms with van der Waals surface area (Å²) >= 11 is 1.75. The van der Waals surface area contributed by atoms with Crippen molar-refractivity contribution in [2.45, 2.75) is 11.4 Å². The van der Waals surface area contributed by atoms with Crippen LogP contribution in [0.15, 0.2) is 66.0 Å². The molecule has 5 rings (SSSR count). The number of hydrogen-bond donors (Lipinski definition) is 1. The minimum absolute atomic E-state index is 0.718. The highest BCUT2D eigenvalue weighted by Crippen LogP contribution is 2.28. The van der Waals surface area contributed by atoms with Gasteiger partial charge in [-0.2, -0.15) is 0 Å². The molecule has 2 aromatic carbocycles. The van der Waals surface area contributed by atoms with Gasteiger partial charge >= 0.3 is 0 Å². The molecule has 0 atom stereocenters. The highest BCUT2D eigenvalue weighted by molar-refractivity contribution is 7.99. The predicted molar refractivity (Wildman–Crippen MR) is 128 cm³/mol. The van der Waals surface area contributed by atoms with Crippen molar-refractivity contribution in [2.24, 2.45) is 0 Å². The summed E-state index contributed by atoms with van der Waals surface area (Å²) < 4.78 is 0. The molecule has 1 N–H and O–H groups in total. The molecule has 0 aliphatic carbocycles. The summed E-state index contributed by atoms with van der Waals surface area (Å²) in [5, 5.41) is 0.955. The molecule has 1 fully saturated rings. The Morgan fingerprint density at radius 3 is 2.48 bits per heavy atom. The van der Waals surface area contributed by atoms with Crippen LogP contribution in [0.5, 0.6) is 0 Å². The van der Waals surface area contributed by atoms with Crippen LogP contribution in [0.4, 0.5) is 5.69 Å². The number of benzene rings is 2. The van der Waals surface area contributed by atoms with E-state index in [-0.39, 0.29) is 0 Å². The maximum atomic E-state index is 4.89. The average molecular weight is 431 g/mol. The highest BCUT2D eigenvalue weighted by atomic mass is 32.2. The number of aromatic nitrogens is 4. The smallest absolute Gasteiger partial charge is 0.182 e. The average Bonchev–Trinajstić information content (AvgIpc) is 3.29. The second-order valence-electron chi connectivity index (χ2n) is 7.87. The number of H-pyrrole nitrogens is 1. The molecule has 0 saturated carbocycles. The van der Waals surface area contributed by atoms with Crippen LogP contribution in [-0.4, -0.2) is 63.8 Å². The molecule has 0 bridgehead atoms. The number of piperazine rings is 1. The van der Waals surface area contributed by atoms with E-state index in [1.807, 2.05) is 0 Å². The van der Waals surface area contributed by atoms with Crippen LogP contribution in [0.25, 0.3) is 22.6 Å². The topological polar surface area (TPSA) is 60.9 Å². The molecular weight excluding hydrogens is 404 g/mol. The largest absolute Gasteiger partial charge is 0.369 e. The minimum Gasteiger partial charge on any atom is -0.369 e. The number of hydrogen-bond acceptors (Lipinski definition) is 6. The SMILES string of the molecule is CN1CCN(c2ccc(-c3nc(SCCc4ccccc4)c4[nH]cnc4n3)cc2)CC1. The zero-order chi connectivity index (χ0) is 21.0. The zero-order valence-electron chi connectivity index (χ0n) is 17.7. The number of fused-ring (bicyclic) bond motifs is 1. The van der Waals surface area contributed by atoms with Crippen LogP contribution >= 0.6 is 11.8 Å². The van der Waals surface area contributed by atoms with Crippen molar-refractivity contribution in [3.8, 4) is 11.4 Å². The van der Waals surface area contributed by atoms with E-state index in [0.29, 0.717) is 0 Å². The molecule has 0 unspecified atom stereocenters. The fraction of sp³-hybridized carbons (Fsp3) is 0.292. The highest BCUT2D eigenvalue weighted by Gasteiger charge is 2.15. The molecule has 0 spiro atoms. The second-order valence-corrected chi connectivity index (χ2v) is 8.96. The van der Waals surface area contributed by atoms with Crippen LogP contribution in [0.2, 0.25) is 0 Å². The van der Waals surface area contributed by atoms with Crippen LogP contribution in [-0.2, 0) is 6.42 Å². The van der Waals surface area contributed by atoms with Crippen LogP contribution in [0.1, 0.15) is 5.56 Å². The van der Waals surface area contributed by atoms with Gasteiger partial charge in [-0.1, -0.05) is 30.3 Å². The Bertz CT molecular complexity index is 1130. The van der Waals surface area contributed by atoms with Crippen molar-refractivity contribution in [3.05, 3.63) is 66.5 Å². The molecule has 0 amide bonds. The van der Waals surface area contributed by atoms with Gasteiger partial charge in [0.25, 0.3) is 0 Å². The number of aryl methyl sites for hydroxylation is 1. The predicted octanol–water partition coefficient (Wildman–Crippen LogP) is 4.11. The molecule has 1 aliphatic heterocycles. The maximum Gasteiger partial charge on any atom is 0.182 e. The number of anilines is 1. The molecule has 0 radical (unpaired) electrons. The van der Waals surface area contributed by atoms with E-state index < -0.39 is 0 Å². The van der Waals surface area contributed by atoms with Gasteiger partial charge in [0.15, 0.2) is 11.5 Å². The monoisotopic (exact) mass is 430 g/mol. The minimum atomic E-state index is 0.718. The first-order chi connectivity index (χ1) is 15.3. The van der Waals surface area contributed by atoms with Gasteiger partial charge in [-0.3, -0.25) is 0 Å². The Balaban J connectivity index is 1.35. The third-order valence-electron chi connectivity index (χ3n) is 5.72. The van der Waals surface area contributed by atoms with Gasteiger partial charge in [-0.15, -0.1) is 11.8 Å². The van der Waals surface area contributed by atoms with E-state index in [4.69, 9.17) is 9.97 Å². The van der Waals surface area contributed by atoms with Gasteiger partial charge < -0.3 is 14.8 Å². The molecule has 2 aromatic heterocycles. The van der Waals surface area contributed by atoms with Crippen molar-refractivity contribution in [1.82, 2.24) is 24.8 Å². The molecule has 31 heavy (non-hydrogen) atoms. The zero-order valence-corrected chi connectivity index (χ0v) is 18.5. The number of imidazole rings is 1. The number of aromatic amines is 1. The van der Waals surface area contributed by atoms with E-state index in [9.17, 15) is 0 Å². The van der Waals surface area contributed by atoms with Gasteiger partial charge in [-0.05, 0) is 43.3 Å². The van der Waals surface area contributed by atoms with E-state index in [0.717, 1.165) is 65.9 Å². The summed E-state index contributed by atoms with van der Waals surface area (Å²) in [4.78, 5) is 22.0.